The zero-order valence-corrected chi connectivity index (χ0v) is 10.8. The van der Waals surface area contributed by atoms with Gasteiger partial charge in [0.2, 0.25) is 10.0 Å². The number of hydrogen-bond acceptors (Lipinski definition) is 3. The molecule has 0 radical (unpaired) electrons. The Labute approximate surface area is 97.9 Å². The third-order valence-electron chi connectivity index (χ3n) is 3.59. The molecule has 1 spiro atoms. The van der Waals surface area contributed by atoms with E-state index in [1.165, 1.54) is 17.1 Å². The van der Waals surface area contributed by atoms with Crippen LogP contribution in [0.3, 0.4) is 0 Å². The van der Waals surface area contributed by atoms with Crippen molar-refractivity contribution >= 4 is 22.4 Å². The molecule has 4 nitrogen and oxygen atoms in total. The minimum atomic E-state index is -3.02. The second kappa shape index (κ2) is 4.20. The maximum Gasteiger partial charge on any atom is 0.213 e. The van der Waals surface area contributed by atoms with Gasteiger partial charge in [0.25, 0.3) is 0 Å². The first kappa shape index (κ1) is 13.2. The molecule has 1 atom stereocenters. The molecule has 1 heterocycles. The van der Waals surface area contributed by atoms with Crippen LogP contribution in [0, 0.1) is 11.3 Å². The number of nitrogens with zero attached hydrogens (tertiary/aromatic N) is 1. The monoisotopic (exact) mass is 254 g/mol. The summed E-state index contributed by atoms with van der Waals surface area (Å²) in [5.74, 6) is 0.641. The van der Waals surface area contributed by atoms with E-state index in [9.17, 15) is 8.42 Å². The Bertz CT molecular complexity index is 325. The lowest BCUT2D eigenvalue weighted by atomic mass is 9.95. The molecule has 1 aliphatic heterocycles. The molecule has 1 unspecified atom stereocenters. The summed E-state index contributed by atoms with van der Waals surface area (Å²) in [7, 11) is 0.198. The van der Waals surface area contributed by atoms with Crippen LogP contribution in [-0.2, 0) is 10.0 Å². The molecule has 0 bridgehead atoms. The van der Waals surface area contributed by atoms with E-state index in [0.29, 0.717) is 17.1 Å². The fourth-order valence-corrected chi connectivity index (χ4v) is 3.52. The summed E-state index contributed by atoms with van der Waals surface area (Å²) >= 11 is 0. The lowest BCUT2D eigenvalue weighted by Crippen LogP contribution is -2.32. The lowest BCUT2D eigenvalue weighted by molar-refractivity contribution is 0.419. The highest BCUT2D eigenvalue weighted by atomic mass is 35.5. The molecule has 2 aliphatic rings. The molecule has 0 aromatic heterocycles. The van der Waals surface area contributed by atoms with Gasteiger partial charge in [-0.1, -0.05) is 0 Å². The van der Waals surface area contributed by atoms with Crippen LogP contribution in [0.25, 0.3) is 0 Å². The predicted molar refractivity (Wildman–Crippen MR) is 62.7 cm³/mol. The number of rotatable bonds is 3. The van der Waals surface area contributed by atoms with Crippen molar-refractivity contribution in [2.24, 2.45) is 11.3 Å². The average molecular weight is 255 g/mol. The summed E-state index contributed by atoms with van der Waals surface area (Å²) in [4.78, 5) is 0. The molecule has 0 amide bonds. The molecular weight excluding hydrogens is 236 g/mol. The second-order valence-corrected chi connectivity index (χ2v) is 6.98. The van der Waals surface area contributed by atoms with Gasteiger partial charge in [-0.15, -0.1) is 12.4 Å². The summed E-state index contributed by atoms with van der Waals surface area (Å²) in [6, 6.07) is 0. The quantitative estimate of drug-likeness (QED) is 0.788. The van der Waals surface area contributed by atoms with Crippen molar-refractivity contribution in [2.75, 3.05) is 32.9 Å². The summed E-state index contributed by atoms with van der Waals surface area (Å²) in [6.45, 7) is 1.88. The Kier molecular flexibility index (Phi) is 3.70. The predicted octanol–water partition coefficient (Wildman–Crippen LogP) is 0.299. The standard InChI is InChI=1S/C9H18N2O2S.ClH/c1-11(2)14(12,13)6-8-5-10-7-9(8)3-4-9;/h8,10H,3-7H2,1-2H3;1H. The van der Waals surface area contributed by atoms with Gasteiger partial charge in [-0.05, 0) is 30.7 Å². The van der Waals surface area contributed by atoms with Crippen molar-refractivity contribution in [1.29, 1.82) is 0 Å². The molecule has 1 N–H and O–H groups in total. The summed E-state index contributed by atoms with van der Waals surface area (Å²) < 4.78 is 24.7. The van der Waals surface area contributed by atoms with Crippen molar-refractivity contribution in [2.45, 2.75) is 12.8 Å². The SMILES string of the molecule is CN(C)S(=O)(=O)CC1CNCC12CC2.Cl. The maximum atomic E-state index is 11.7. The van der Waals surface area contributed by atoms with Crippen LogP contribution in [0.1, 0.15) is 12.8 Å². The number of nitrogens with one attached hydrogen (secondary N) is 1. The third kappa shape index (κ3) is 2.46. The second-order valence-electron chi connectivity index (χ2n) is 4.75. The first-order valence-corrected chi connectivity index (χ1v) is 6.68. The molecule has 0 aromatic carbocycles. The van der Waals surface area contributed by atoms with Gasteiger partial charge in [0.15, 0.2) is 0 Å². The Hall–Kier alpha value is 0.160. The minimum absolute atomic E-state index is 0. The molecule has 0 aromatic rings. The Morgan fingerprint density at radius 1 is 1.40 bits per heavy atom. The molecule has 1 aliphatic carbocycles. The van der Waals surface area contributed by atoms with E-state index in [-0.39, 0.29) is 12.4 Å². The highest BCUT2D eigenvalue weighted by molar-refractivity contribution is 7.89. The van der Waals surface area contributed by atoms with Crippen LogP contribution >= 0.6 is 12.4 Å². The smallest absolute Gasteiger partial charge is 0.213 e. The van der Waals surface area contributed by atoms with E-state index >= 15 is 0 Å². The van der Waals surface area contributed by atoms with Gasteiger partial charge >= 0.3 is 0 Å². The van der Waals surface area contributed by atoms with E-state index in [0.717, 1.165) is 13.1 Å². The van der Waals surface area contributed by atoms with Crippen molar-refractivity contribution in [1.82, 2.24) is 9.62 Å². The Morgan fingerprint density at radius 2 is 2.00 bits per heavy atom. The van der Waals surface area contributed by atoms with Crippen LogP contribution < -0.4 is 5.32 Å². The summed E-state index contributed by atoms with van der Waals surface area (Å²) in [5, 5.41) is 3.30. The maximum absolute atomic E-state index is 11.7. The number of sulfonamides is 1. The third-order valence-corrected chi connectivity index (χ3v) is 5.53. The summed E-state index contributed by atoms with van der Waals surface area (Å²) in [5.41, 5.74) is 0.336. The van der Waals surface area contributed by atoms with Gasteiger partial charge in [-0.3, -0.25) is 0 Å². The van der Waals surface area contributed by atoms with Gasteiger partial charge < -0.3 is 5.32 Å². The lowest BCUT2D eigenvalue weighted by Gasteiger charge is -2.19. The van der Waals surface area contributed by atoms with Crippen molar-refractivity contribution in [3.8, 4) is 0 Å². The van der Waals surface area contributed by atoms with E-state index in [1.807, 2.05) is 0 Å². The van der Waals surface area contributed by atoms with Gasteiger partial charge in [0, 0.05) is 20.6 Å². The van der Waals surface area contributed by atoms with Crippen molar-refractivity contribution < 1.29 is 8.42 Å². The normalized spacial score (nSPS) is 28.1. The van der Waals surface area contributed by atoms with Gasteiger partial charge in [0.1, 0.15) is 0 Å². The zero-order chi connectivity index (χ0) is 10.4. The van der Waals surface area contributed by atoms with E-state index in [4.69, 9.17) is 0 Å². The van der Waals surface area contributed by atoms with Crippen molar-refractivity contribution in [3.05, 3.63) is 0 Å². The topological polar surface area (TPSA) is 49.4 Å². The average Bonchev–Trinajstić information content (AvgIpc) is 2.73. The first-order chi connectivity index (χ1) is 6.46. The Balaban J connectivity index is 0.00000112. The van der Waals surface area contributed by atoms with E-state index < -0.39 is 10.0 Å². The van der Waals surface area contributed by atoms with E-state index in [1.54, 1.807) is 14.1 Å². The van der Waals surface area contributed by atoms with Crippen LogP contribution in [-0.4, -0.2) is 45.7 Å². The minimum Gasteiger partial charge on any atom is -0.316 e. The number of halogens is 1. The molecule has 15 heavy (non-hydrogen) atoms. The molecular formula is C9H19ClN2O2S. The zero-order valence-electron chi connectivity index (χ0n) is 9.19. The molecule has 2 fully saturated rings. The number of hydrogen-bond donors (Lipinski definition) is 1. The fourth-order valence-electron chi connectivity index (χ4n) is 2.24. The van der Waals surface area contributed by atoms with Crippen LogP contribution in [0.15, 0.2) is 0 Å². The first-order valence-electron chi connectivity index (χ1n) is 5.07. The summed E-state index contributed by atoms with van der Waals surface area (Å²) in [6.07, 6.45) is 2.40. The fraction of sp³-hybridized carbons (Fsp3) is 1.00. The van der Waals surface area contributed by atoms with Crippen LogP contribution in [0.2, 0.25) is 0 Å². The molecule has 6 heteroatoms. The molecule has 1 saturated carbocycles. The molecule has 90 valence electrons. The van der Waals surface area contributed by atoms with Gasteiger partial charge in [0.05, 0.1) is 5.75 Å². The molecule has 2 rings (SSSR count). The molecule has 1 saturated heterocycles. The largest absolute Gasteiger partial charge is 0.316 e. The highest BCUT2D eigenvalue weighted by Gasteiger charge is 2.53. The van der Waals surface area contributed by atoms with Crippen LogP contribution in [0.4, 0.5) is 0 Å². The highest BCUT2D eigenvalue weighted by Crippen LogP contribution is 2.54. The Morgan fingerprint density at radius 3 is 2.47 bits per heavy atom. The van der Waals surface area contributed by atoms with E-state index in [2.05, 4.69) is 5.32 Å². The van der Waals surface area contributed by atoms with Crippen molar-refractivity contribution in [3.63, 3.8) is 0 Å². The van der Waals surface area contributed by atoms with Crippen LogP contribution in [0.5, 0.6) is 0 Å². The van der Waals surface area contributed by atoms with Gasteiger partial charge in [-0.25, -0.2) is 12.7 Å². The van der Waals surface area contributed by atoms with Gasteiger partial charge in [-0.2, -0.15) is 0 Å².